The molecule has 2 atom stereocenters. The first-order valence-electron chi connectivity index (χ1n) is 9.06. The van der Waals surface area contributed by atoms with Gasteiger partial charge in [-0.25, -0.2) is 4.98 Å². The second-order valence-corrected chi connectivity index (χ2v) is 7.29. The molecule has 0 aromatic carbocycles. The molecule has 3 N–H and O–H groups in total. The van der Waals surface area contributed by atoms with Crippen molar-refractivity contribution in [2.24, 2.45) is 5.73 Å². The van der Waals surface area contributed by atoms with Crippen LogP contribution in [0.5, 0.6) is 0 Å². The molecule has 2 aliphatic rings. The van der Waals surface area contributed by atoms with E-state index in [4.69, 9.17) is 10.7 Å². The number of nitrogens with zero attached hydrogens (tertiary/aromatic N) is 3. The summed E-state index contributed by atoms with van der Waals surface area (Å²) in [6, 6.07) is 2.81. The van der Waals surface area contributed by atoms with Crippen LogP contribution in [0.25, 0.3) is 5.65 Å². The Morgan fingerprint density at radius 3 is 2.68 bits per heavy atom. The van der Waals surface area contributed by atoms with Gasteiger partial charge in [0.15, 0.2) is 5.65 Å². The van der Waals surface area contributed by atoms with Crippen LogP contribution in [0.1, 0.15) is 63.6 Å². The maximum Gasteiger partial charge on any atom is 0.157 e. The highest BCUT2D eigenvalue weighted by Gasteiger charge is 2.40. The fourth-order valence-corrected chi connectivity index (χ4v) is 4.56. The molecule has 2 aromatic heterocycles. The lowest BCUT2D eigenvalue weighted by Gasteiger charge is -2.27. The highest BCUT2D eigenvalue weighted by molar-refractivity contribution is 5.85. The number of nitrogens with two attached hydrogens (primary N) is 1. The third kappa shape index (κ3) is 3.22. The predicted octanol–water partition coefficient (Wildman–Crippen LogP) is 3.87. The number of aromatic nitrogens is 3. The van der Waals surface area contributed by atoms with Crippen LogP contribution >= 0.6 is 24.8 Å². The molecule has 140 valence electrons. The molecule has 0 aliphatic heterocycles. The molecule has 2 aliphatic carbocycles. The zero-order chi connectivity index (χ0) is 16.0. The van der Waals surface area contributed by atoms with E-state index in [-0.39, 0.29) is 30.2 Å². The van der Waals surface area contributed by atoms with E-state index in [0.29, 0.717) is 12.1 Å². The first-order valence-corrected chi connectivity index (χ1v) is 9.06. The molecule has 2 heterocycles. The lowest BCUT2D eigenvalue weighted by atomic mass is 9.80. The average Bonchev–Trinajstić information content (AvgIpc) is 3.26. The van der Waals surface area contributed by atoms with E-state index in [1.165, 1.54) is 17.7 Å². The van der Waals surface area contributed by atoms with Gasteiger partial charge in [-0.15, -0.1) is 24.8 Å². The van der Waals surface area contributed by atoms with Crippen molar-refractivity contribution in [3.63, 3.8) is 0 Å². The first-order chi connectivity index (χ1) is 11.2. The van der Waals surface area contributed by atoms with Gasteiger partial charge in [0, 0.05) is 29.1 Å². The first kappa shape index (κ1) is 20.3. The Kier molecular flexibility index (Phi) is 6.23. The van der Waals surface area contributed by atoms with Gasteiger partial charge in [-0.05, 0) is 44.9 Å². The topological polar surface area (TPSA) is 68.2 Å². The summed E-state index contributed by atoms with van der Waals surface area (Å²) < 4.78 is 1.99. The highest BCUT2D eigenvalue weighted by atomic mass is 35.5. The van der Waals surface area contributed by atoms with Crippen molar-refractivity contribution in [2.45, 2.75) is 76.3 Å². The van der Waals surface area contributed by atoms with Crippen LogP contribution in [-0.2, 0) is 11.8 Å². The molecule has 1 fully saturated rings. The zero-order valence-electron chi connectivity index (χ0n) is 15.0. The highest BCUT2D eigenvalue weighted by Crippen LogP contribution is 2.45. The minimum Gasteiger partial charge on any atom is -0.367 e. The Labute approximate surface area is 162 Å². The number of hydrogen-bond acceptors (Lipinski definition) is 4. The number of fused-ring (bicyclic) bond motifs is 2. The van der Waals surface area contributed by atoms with E-state index in [9.17, 15) is 0 Å². The van der Waals surface area contributed by atoms with Crippen molar-refractivity contribution in [2.75, 3.05) is 5.32 Å². The third-order valence-electron chi connectivity index (χ3n) is 6.16. The molecule has 0 amide bonds. The van der Waals surface area contributed by atoms with Gasteiger partial charge in [0.1, 0.15) is 5.82 Å². The Morgan fingerprint density at radius 1 is 1.28 bits per heavy atom. The smallest absolute Gasteiger partial charge is 0.157 e. The molecule has 0 unspecified atom stereocenters. The lowest BCUT2D eigenvalue weighted by Crippen LogP contribution is -2.25. The van der Waals surface area contributed by atoms with E-state index >= 15 is 0 Å². The van der Waals surface area contributed by atoms with E-state index in [1.807, 2.05) is 16.8 Å². The molecule has 0 bridgehead atoms. The molecule has 2 aromatic rings. The molecular formula is C18H29Cl2N5. The van der Waals surface area contributed by atoms with Crippen LogP contribution in [0.4, 0.5) is 5.82 Å². The van der Waals surface area contributed by atoms with Gasteiger partial charge in [0.2, 0.25) is 0 Å². The van der Waals surface area contributed by atoms with Gasteiger partial charge in [0.05, 0.1) is 11.9 Å². The summed E-state index contributed by atoms with van der Waals surface area (Å²) in [6.45, 7) is 4.59. The molecular weight excluding hydrogens is 357 g/mol. The van der Waals surface area contributed by atoms with E-state index in [2.05, 4.69) is 24.3 Å². The van der Waals surface area contributed by atoms with Crippen LogP contribution in [0, 0.1) is 0 Å². The van der Waals surface area contributed by atoms with Gasteiger partial charge in [-0.1, -0.05) is 13.8 Å². The standard InChI is InChI=1S/C18H27N5.2ClH/c1-3-18(4-2)9-7-14-16(18)22-15-8-10-20-23(15)17(14)21-13-6-5-12(19)11-13;;/h8,10,12-13,21H,3-7,9,11,19H2,1-2H3;2*1H/t12-,13-;;/m0../s1. The van der Waals surface area contributed by atoms with Gasteiger partial charge in [-0.3, -0.25) is 0 Å². The Hall–Kier alpha value is -1.04. The summed E-state index contributed by atoms with van der Waals surface area (Å²) in [5.74, 6) is 1.16. The fraction of sp³-hybridized carbons (Fsp3) is 0.667. The summed E-state index contributed by atoms with van der Waals surface area (Å²) in [5.41, 5.74) is 9.98. The molecule has 0 spiro atoms. The van der Waals surface area contributed by atoms with Gasteiger partial charge >= 0.3 is 0 Å². The zero-order valence-corrected chi connectivity index (χ0v) is 16.6. The molecule has 1 saturated carbocycles. The fourth-order valence-electron chi connectivity index (χ4n) is 4.56. The predicted molar refractivity (Wildman–Crippen MR) is 107 cm³/mol. The van der Waals surface area contributed by atoms with Crippen molar-refractivity contribution >= 4 is 36.3 Å². The maximum atomic E-state index is 6.10. The van der Waals surface area contributed by atoms with Gasteiger partial charge < -0.3 is 11.1 Å². The van der Waals surface area contributed by atoms with Crippen molar-refractivity contribution in [3.05, 3.63) is 23.5 Å². The SMILES string of the molecule is CCC1(CC)CCc2c1nc1ccnn1c2N[C@H]1CC[C@H](N)C1.Cl.Cl. The average molecular weight is 386 g/mol. The minimum absolute atomic E-state index is 0. The van der Waals surface area contributed by atoms with E-state index in [1.54, 1.807) is 0 Å². The van der Waals surface area contributed by atoms with Crippen molar-refractivity contribution < 1.29 is 0 Å². The molecule has 0 saturated heterocycles. The number of anilines is 1. The second-order valence-electron chi connectivity index (χ2n) is 7.29. The number of nitrogens with one attached hydrogen (secondary N) is 1. The van der Waals surface area contributed by atoms with Crippen LogP contribution in [-0.4, -0.2) is 26.7 Å². The molecule has 25 heavy (non-hydrogen) atoms. The second kappa shape index (κ2) is 7.68. The monoisotopic (exact) mass is 385 g/mol. The lowest BCUT2D eigenvalue weighted by molar-refractivity contribution is 0.385. The quantitative estimate of drug-likeness (QED) is 0.837. The molecule has 4 rings (SSSR count). The third-order valence-corrected chi connectivity index (χ3v) is 6.16. The summed E-state index contributed by atoms with van der Waals surface area (Å²) >= 11 is 0. The number of halogens is 2. The van der Waals surface area contributed by atoms with Crippen molar-refractivity contribution in [1.82, 2.24) is 14.6 Å². The summed E-state index contributed by atoms with van der Waals surface area (Å²) in [5, 5.41) is 8.28. The molecule has 5 nitrogen and oxygen atoms in total. The van der Waals surface area contributed by atoms with Crippen LogP contribution in [0.3, 0.4) is 0 Å². The summed E-state index contributed by atoms with van der Waals surface area (Å²) in [4.78, 5) is 5.00. The maximum absolute atomic E-state index is 6.10. The van der Waals surface area contributed by atoms with Crippen molar-refractivity contribution in [1.29, 1.82) is 0 Å². The summed E-state index contributed by atoms with van der Waals surface area (Å²) in [6.07, 6.45) is 9.77. The van der Waals surface area contributed by atoms with E-state index < -0.39 is 0 Å². The van der Waals surface area contributed by atoms with Crippen molar-refractivity contribution in [3.8, 4) is 0 Å². The largest absolute Gasteiger partial charge is 0.367 e. The number of hydrogen-bond donors (Lipinski definition) is 2. The van der Waals surface area contributed by atoms with E-state index in [0.717, 1.165) is 50.0 Å². The van der Waals surface area contributed by atoms with Crippen LogP contribution in [0.15, 0.2) is 12.3 Å². The van der Waals surface area contributed by atoms with Gasteiger partial charge in [-0.2, -0.15) is 9.61 Å². The van der Waals surface area contributed by atoms with Crippen LogP contribution < -0.4 is 11.1 Å². The molecule has 0 radical (unpaired) electrons. The molecule has 7 heteroatoms. The summed E-state index contributed by atoms with van der Waals surface area (Å²) in [7, 11) is 0. The van der Waals surface area contributed by atoms with Crippen LogP contribution in [0.2, 0.25) is 0 Å². The number of rotatable bonds is 4. The Morgan fingerprint density at radius 2 is 2.04 bits per heavy atom. The Balaban J connectivity index is 0.00000113. The Bertz CT molecular complexity index is 726. The van der Waals surface area contributed by atoms with Gasteiger partial charge in [0.25, 0.3) is 0 Å². The minimum atomic E-state index is 0. The normalized spacial score (nSPS) is 23.8.